The molecule has 0 unspecified atom stereocenters. The summed E-state index contributed by atoms with van der Waals surface area (Å²) < 4.78 is 1.69. The summed E-state index contributed by atoms with van der Waals surface area (Å²) in [7, 11) is 0. The van der Waals surface area contributed by atoms with E-state index >= 15 is 0 Å². The third-order valence-corrected chi connectivity index (χ3v) is 1.80. The number of hydrogen-bond donors (Lipinski definition) is 1. The molecule has 0 radical (unpaired) electrons. The minimum Gasteiger partial charge on any atom is -0.322 e. The Kier molecular flexibility index (Phi) is 4.73. The monoisotopic (exact) mass is 218 g/mol. The molecule has 0 bridgehead atoms. The zero-order valence-electron chi connectivity index (χ0n) is 9.22. The van der Waals surface area contributed by atoms with Crippen LogP contribution in [0.5, 0.6) is 0 Å². The van der Waals surface area contributed by atoms with Gasteiger partial charge in [-0.05, 0) is 13.6 Å². The molecule has 1 N–H and O–H groups in total. The van der Waals surface area contributed by atoms with Crippen molar-refractivity contribution in [1.82, 2.24) is 9.78 Å². The zero-order chi connectivity index (χ0) is 11.8. The molecule has 1 heterocycles. The summed E-state index contributed by atoms with van der Waals surface area (Å²) >= 11 is 0. The van der Waals surface area contributed by atoms with Crippen LogP contribution in [0.15, 0.2) is 22.4 Å². The van der Waals surface area contributed by atoms with Crippen molar-refractivity contribution in [2.45, 2.75) is 19.9 Å². The molecule has 0 saturated carbocycles. The molecule has 1 rings (SSSR count). The van der Waals surface area contributed by atoms with E-state index in [9.17, 15) is 0 Å². The highest BCUT2D eigenvalue weighted by Crippen LogP contribution is 2.05. The van der Waals surface area contributed by atoms with Crippen molar-refractivity contribution in [2.75, 3.05) is 11.9 Å². The molecule has 0 aliphatic rings. The fraction of sp³-hybridized carbons (Fsp3) is 0.400. The number of nitrogens with one attached hydrogen (secondary N) is 1. The van der Waals surface area contributed by atoms with Crippen molar-refractivity contribution in [3.8, 4) is 6.07 Å². The molecule has 0 aliphatic carbocycles. The fourth-order valence-electron chi connectivity index (χ4n) is 1.12. The standard InChI is InChI=1S/C10H14N6/c1-3-13-10(12-2)15-9-7-14-16(8-9)6-4-5-11/h7-8H,2-4,6H2,1H3,(H,13,15). The maximum absolute atomic E-state index is 8.44. The highest BCUT2D eigenvalue weighted by Gasteiger charge is 2.00. The number of guanidine groups is 1. The average Bonchev–Trinajstić information content (AvgIpc) is 2.73. The SMILES string of the molecule is C=NC(=NCC)Nc1cnn(CCC#N)c1. The predicted molar refractivity (Wildman–Crippen MR) is 63.6 cm³/mol. The summed E-state index contributed by atoms with van der Waals surface area (Å²) in [6.07, 6.45) is 3.90. The second kappa shape index (κ2) is 6.35. The lowest BCUT2D eigenvalue weighted by Gasteiger charge is -2.00. The number of rotatable bonds is 4. The van der Waals surface area contributed by atoms with Crippen LogP contribution in [0.1, 0.15) is 13.3 Å². The van der Waals surface area contributed by atoms with Crippen molar-refractivity contribution in [2.24, 2.45) is 9.98 Å². The third-order valence-electron chi connectivity index (χ3n) is 1.80. The number of hydrogen-bond acceptors (Lipinski definition) is 3. The molecule has 0 aliphatic heterocycles. The maximum atomic E-state index is 8.44. The predicted octanol–water partition coefficient (Wildman–Crippen LogP) is 1.29. The molecule has 0 saturated heterocycles. The number of nitriles is 1. The van der Waals surface area contributed by atoms with Gasteiger partial charge in [0.05, 0.1) is 30.9 Å². The van der Waals surface area contributed by atoms with Crippen LogP contribution in [0, 0.1) is 11.3 Å². The Balaban J connectivity index is 2.61. The largest absolute Gasteiger partial charge is 0.322 e. The van der Waals surface area contributed by atoms with Crippen LogP contribution in [0.3, 0.4) is 0 Å². The first-order chi connectivity index (χ1) is 7.80. The number of anilines is 1. The van der Waals surface area contributed by atoms with Gasteiger partial charge in [0, 0.05) is 12.7 Å². The molecular formula is C10H14N6. The van der Waals surface area contributed by atoms with E-state index in [1.165, 1.54) is 0 Å². The second-order valence-corrected chi connectivity index (χ2v) is 2.98. The summed E-state index contributed by atoms with van der Waals surface area (Å²) in [6, 6.07) is 2.06. The van der Waals surface area contributed by atoms with Gasteiger partial charge in [-0.15, -0.1) is 0 Å². The highest BCUT2D eigenvalue weighted by atomic mass is 15.3. The molecule has 0 atom stereocenters. The van der Waals surface area contributed by atoms with Crippen LogP contribution in [0.4, 0.5) is 5.69 Å². The normalized spacial score (nSPS) is 10.9. The number of aliphatic imine (C=N–C) groups is 2. The van der Waals surface area contributed by atoms with Gasteiger partial charge in [-0.2, -0.15) is 10.4 Å². The molecule has 6 heteroatoms. The molecule has 16 heavy (non-hydrogen) atoms. The van der Waals surface area contributed by atoms with E-state index in [0.717, 1.165) is 5.69 Å². The van der Waals surface area contributed by atoms with E-state index in [0.29, 0.717) is 25.5 Å². The molecule has 1 aromatic heterocycles. The average molecular weight is 218 g/mol. The van der Waals surface area contributed by atoms with E-state index in [1.807, 2.05) is 6.92 Å². The molecule has 0 spiro atoms. The molecule has 0 fully saturated rings. The van der Waals surface area contributed by atoms with E-state index < -0.39 is 0 Å². The van der Waals surface area contributed by atoms with Gasteiger partial charge >= 0.3 is 0 Å². The third kappa shape index (κ3) is 3.53. The van der Waals surface area contributed by atoms with Crippen LogP contribution >= 0.6 is 0 Å². The highest BCUT2D eigenvalue weighted by molar-refractivity contribution is 5.96. The van der Waals surface area contributed by atoms with E-state index in [1.54, 1.807) is 17.1 Å². The van der Waals surface area contributed by atoms with Crippen LogP contribution < -0.4 is 5.32 Å². The van der Waals surface area contributed by atoms with Gasteiger partial charge < -0.3 is 5.32 Å². The Morgan fingerprint density at radius 3 is 3.19 bits per heavy atom. The van der Waals surface area contributed by atoms with E-state index in [2.05, 4.69) is 33.2 Å². The lowest BCUT2D eigenvalue weighted by atomic mass is 10.5. The van der Waals surface area contributed by atoms with Crippen LogP contribution in [-0.4, -0.2) is 29.0 Å². The first kappa shape index (κ1) is 11.9. The van der Waals surface area contributed by atoms with Crippen LogP contribution in [0.2, 0.25) is 0 Å². The number of nitrogens with zero attached hydrogens (tertiary/aromatic N) is 5. The topological polar surface area (TPSA) is 78.4 Å². The molecule has 0 amide bonds. The van der Waals surface area contributed by atoms with Gasteiger partial charge in [-0.3, -0.25) is 9.67 Å². The Hall–Kier alpha value is -2.16. The van der Waals surface area contributed by atoms with Gasteiger partial charge in [0.25, 0.3) is 0 Å². The Morgan fingerprint density at radius 2 is 2.56 bits per heavy atom. The summed E-state index contributed by atoms with van der Waals surface area (Å²) in [5, 5.41) is 15.5. The minimum atomic E-state index is 0.441. The smallest absolute Gasteiger partial charge is 0.221 e. The molecular weight excluding hydrogens is 204 g/mol. The van der Waals surface area contributed by atoms with Crippen molar-refractivity contribution in [1.29, 1.82) is 5.26 Å². The van der Waals surface area contributed by atoms with Crippen LogP contribution in [-0.2, 0) is 6.54 Å². The van der Waals surface area contributed by atoms with Gasteiger partial charge in [0.2, 0.25) is 5.96 Å². The Labute approximate surface area is 94.3 Å². The van der Waals surface area contributed by atoms with Crippen molar-refractivity contribution < 1.29 is 0 Å². The number of aromatic nitrogens is 2. The summed E-state index contributed by atoms with van der Waals surface area (Å²) in [5.41, 5.74) is 0.789. The van der Waals surface area contributed by atoms with Crippen molar-refractivity contribution >= 4 is 18.4 Å². The molecule has 1 aromatic rings. The second-order valence-electron chi connectivity index (χ2n) is 2.98. The van der Waals surface area contributed by atoms with Crippen molar-refractivity contribution in [3.05, 3.63) is 12.4 Å². The van der Waals surface area contributed by atoms with Gasteiger partial charge in [-0.1, -0.05) is 0 Å². The summed E-state index contributed by atoms with van der Waals surface area (Å²) in [5.74, 6) is 0.474. The quantitative estimate of drug-likeness (QED) is 0.610. The lowest BCUT2D eigenvalue weighted by molar-refractivity contribution is 0.628. The van der Waals surface area contributed by atoms with Gasteiger partial charge in [0.1, 0.15) is 0 Å². The van der Waals surface area contributed by atoms with E-state index in [4.69, 9.17) is 5.26 Å². The van der Waals surface area contributed by atoms with Crippen molar-refractivity contribution in [3.63, 3.8) is 0 Å². The van der Waals surface area contributed by atoms with Gasteiger partial charge in [0.15, 0.2) is 0 Å². The first-order valence-corrected chi connectivity index (χ1v) is 4.97. The minimum absolute atomic E-state index is 0.441. The first-order valence-electron chi connectivity index (χ1n) is 4.97. The van der Waals surface area contributed by atoms with Gasteiger partial charge in [-0.25, -0.2) is 4.99 Å². The Bertz CT molecular complexity index is 411. The lowest BCUT2D eigenvalue weighted by Crippen LogP contribution is -2.08. The maximum Gasteiger partial charge on any atom is 0.221 e. The summed E-state index contributed by atoms with van der Waals surface area (Å²) in [6.45, 7) is 6.56. The van der Waals surface area contributed by atoms with E-state index in [-0.39, 0.29) is 0 Å². The molecule has 84 valence electrons. The molecule has 0 aromatic carbocycles. The molecule has 6 nitrogen and oxygen atoms in total. The Morgan fingerprint density at radius 1 is 1.75 bits per heavy atom. The van der Waals surface area contributed by atoms with Crippen LogP contribution in [0.25, 0.3) is 0 Å². The summed E-state index contributed by atoms with van der Waals surface area (Å²) in [4.78, 5) is 7.84. The zero-order valence-corrected chi connectivity index (χ0v) is 9.22. The fourth-order valence-corrected chi connectivity index (χ4v) is 1.12. The number of aryl methyl sites for hydroxylation is 1.